The monoisotopic (exact) mass is 1060 g/mol. The Balaban J connectivity index is 1.29. The molecule has 0 unspecified atom stereocenters. The van der Waals surface area contributed by atoms with Crippen molar-refractivity contribution in [3.8, 4) is 73.1 Å². The summed E-state index contributed by atoms with van der Waals surface area (Å²) in [6.07, 6.45) is -10.3. The van der Waals surface area contributed by atoms with Crippen molar-refractivity contribution in [3.05, 3.63) is 237 Å². The normalized spacial score (nSPS) is 12.1. The average molecular weight is 1060 g/mol. The molecule has 12 rings (SSSR count). The van der Waals surface area contributed by atoms with Crippen LogP contribution in [-0.4, -0.2) is 9.13 Å². The maximum absolute atomic E-state index is 15.5. The minimum Gasteiger partial charge on any atom is -0.307 e. The van der Waals surface area contributed by atoms with Crippen molar-refractivity contribution in [2.75, 3.05) is 0 Å². The molecule has 394 valence electrons. The Morgan fingerprint density at radius 3 is 0.912 bits per heavy atom. The average Bonchev–Trinajstić information content (AvgIpc) is 4.08. The van der Waals surface area contributed by atoms with Crippen molar-refractivity contribution in [1.82, 2.24) is 9.13 Å². The van der Waals surface area contributed by atoms with Gasteiger partial charge in [0, 0.05) is 27.1 Å². The first-order valence-corrected chi connectivity index (χ1v) is 26.5. The Morgan fingerprint density at radius 2 is 0.625 bits per heavy atom. The van der Waals surface area contributed by atoms with Gasteiger partial charge in [-0.15, -0.1) is 0 Å². The zero-order valence-corrected chi connectivity index (χ0v) is 45.4. The van der Waals surface area contributed by atoms with Crippen molar-refractivity contribution in [2.45, 2.75) is 67.7 Å². The SMILES string of the molecule is Cc1cc(C)cc(-c2ccc3c4ccc(-c5cc(C)cc(C)c5)cc4n(-c4cc(C#N)c(-c5ccc(C(F)(F)F)cc5C(F)(F)F)cc4-n4c5cc(-c6cc(C)cc(C)c6)ccc5c5ccc(-c6cc(C)cc(C)c6)cc54)c3c2)c1. The van der Waals surface area contributed by atoms with E-state index >= 15 is 13.2 Å². The Hall–Kier alpha value is -9.13. The van der Waals surface area contributed by atoms with Crippen LogP contribution in [0.3, 0.4) is 0 Å². The number of alkyl halides is 6. The Labute approximate surface area is 460 Å². The lowest BCUT2D eigenvalue weighted by Gasteiger charge is -2.22. The van der Waals surface area contributed by atoms with Crippen LogP contribution in [0.5, 0.6) is 0 Å². The molecule has 0 aliphatic heterocycles. The van der Waals surface area contributed by atoms with Gasteiger partial charge in [-0.05, 0) is 154 Å². The maximum Gasteiger partial charge on any atom is 0.417 e. The van der Waals surface area contributed by atoms with E-state index in [1.54, 1.807) is 12.1 Å². The second-order valence-electron chi connectivity index (χ2n) is 21.9. The number of nitriles is 1. The zero-order chi connectivity index (χ0) is 56.3. The Morgan fingerprint density at radius 1 is 0.312 bits per heavy atom. The van der Waals surface area contributed by atoms with E-state index in [0.29, 0.717) is 17.4 Å². The fourth-order valence-electron chi connectivity index (χ4n) is 12.3. The molecule has 10 aromatic carbocycles. The minimum absolute atomic E-state index is 0.146. The first-order valence-electron chi connectivity index (χ1n) is 26.5. The van der Waals surface area contributed by atoms with Crippen LogP contribution >= 0.6 is 0 Å². The summed E-state index contributed by atoms with van der Waals surface area (Å²) in [4.78, 5) is 0. The Bertz CT molecular complexity index is 4310. The molecular weight excluding hydrogens is 1010 g/mol. The molecule has 2 heterocycles. The summed E-state index contributed by atoms with van der Waals surface area (Å²) in [5.41, 5.74) is 16.2. The van der Waals surface area contributed by atoms with Crippen LogP contribution in [-0.2, 0) is 12.4 Å². The van der Waals surface area contributed by atoms with Crippen molar-refractivity contribution < 1.29 is 26.3 Å². The molecular formula is C71H53F6N3. The van der Waals surface area contributed by atoms with Gasteiger partial charge in [-0.3, -0.25) is 0 Å². The summed E-state index contributed by atoms with van der Waals surface area (Å²) < 4.78 is 93.8. The van der Waals surface area contributed by atoms with Crippen molar-refractivity contribution >= 4 is 43.6 Å². The van der Waals surface area contributed by atoms with Gasteiger partial charge in [0.05, 0.1) is 56.2 Å². The summed E-state index contributed by atoms with van der Waals surface area (Å²) in [7, 11) is 0. The summed E-state index contributed by atoms with van der Waals surface area (Å²) in [6, 6.07) is 57.7. The third-order valence-electron chi connectivity index (χ3n) is 15.4. The molecule has 0 radical (unpaired) electrons. The van der Waals surface area contributed by atoms with E-state index in [4.69, 9.17) is 0 Å². The standard InChI is InChI=1S/C71H53F6N3/c1-39-19-40(2)24-51(23-39)47-9-14-58-59-15-10-48(52-25-41(3)20-42(4)26-52)32-65(59)79(64(58)31-47)68-35-55(38-78)62(57-18-13-56(70(72,73)74)36-63(57)71(75,76)77)37-69(68)80-66-33-49(53-27-43(5)21-44(6)28-53)11-16-60(66)61-17-12-50(34-67(61)80)54-29-45(7)22-46(8)30-54/h9-37H,1-8H3. The fourth-order valence-corrected chi connectivity index (χ4v) is 12.3. The fraction of sp³-hybridized carbons (Fsp3) is 0.141. The van der Waals surface area contributed by atoms with Crippen molar-refractivity contribution in [1.29, 1.82) is 5.26 Å². The van der Waals surface area contributed by atoms with E-state index in [-0.39, 0.29) is 17.2 Å². The molecule has 0 bridgehead atoms. The largest absolute Gasteiger partial charge is 0.417 e. The highest BCUT2D eigenvalue weighted by atomic mass is 19.4. The van der Waals surface area contributed by atoms with Gasteiger partial charge < -0.3 is 9.13 Å². The number of halogens is 6. The predicted molar refractivity (Wildman–Crippen MR) is 315 cm³/mol. The number of benzene rings is 10. The molecule has 0 fully saturated rings. The van der Waals surface area contributed by atoms with Crippen LogP contribution in [0.4, 0.5) is 26.3 Å². The molecule has 0 aliphatic rings. The van der Waals surface area contributed by atoms with E-state index in [9.17, 15) is 18.4 Å². The third kappa shape index (κ3) is 9.18. The van der Waals surface area contributed by atoms with Gasteiger partial charge in [-0.2, -0.15) is 31.6 Å². The molecule has 0 N–H and O–H groups in total. The quantitative estimate of drug-likeness (QED) is 0.146. The zero-order valence-electron chi connectivity index (χ0n) is 45.4. The van der Waals surface area contributed by atoms with Crippen LogP contribution in [0.15, 0.2) is 176 Å². The highest BCUT2D eigenvalue weighted by molar-refractivity contribution is 6.14. The molecule has 0 spiro atoms. The van der Waals surface area contributed by atoms with Gasteiger partial charge >= 0.3 is 12.4 Å². The molecule has 2 aromatic heterocycles. The second kappa shape index (κ2) is 19.1. The summed E-state index contributed by atoms with van der Waals surface area (Å²) in [6.45, 7) is 16.4. The summed E-state index contributed by atoms with van der Waals surface area (Å²) >= 11 is 0. The molecule has 0 saturated carbocycles. The van der Waals surface area contributed by atoms with Gasteiger partial charge in [0.2, 0.25) is 0 Å². The lowest BCUT2D eigenvalue weighted by Crippen LogP contribution is -2.13. The summed E-state index contributed by atoms with van der Waals surface area (Å²) in [5.74, 6) is 0. The van der Waals surface area contributed by atoms with Gasteiger partial charge in [0.25, 0.3) is 0 Å². The minimum atomic E-state index is -5.24. The van der Waals surface area contributed by atoms with Gasteiger partial charge in [0.15, 0.2) is 0 Å². The van der Waals surface area contributed by atoms with E-state index in [2.05, 4.69) is 188 Å². The van der Waals surface area contributed by atoms with Crippen LogP contribution in [0.25, 0.3) is 111 Å². The number of rotatable bonds is 7. The van der Waals surface area contributed by atoms with Crippen molar-refractivity contribution in [3.63, 3.8) is 0 Å². The van der Waals surface area contributed by atoms with Crippen LogP contribution < -0.4 is 0 Å². The van der Waals surface area contributed by atoms with Crippen LogP contribution in [0, 0.1) is 66.7 Å². The number of aryl methyl sites for hydroxylation is 8. The second-order valence-corrected chi connectivity index (χ2v) is 21.9. The Kier molecular flexibility index (Phi) is 12.3. The third-order valence-corrected chi connectivity index (χ3v) is 15.4. The van der Waals surface area contributed by atoms with Gasteiger partial charge in [0.1, 0.15) is 0 Å². The molecule has 0 aliphatic carbocycles. The van der Waals surface area contributed by atoms with Gasteiger partial charge in [-0.1, -0.05) is 172 Å². The van der Waals surface area contributed by atoms with Crippen LogP contribution in [0.2, 0.25) is 0 Å². The number of aromatic nitrogens is 2. The van der Waals surface area contributed by atoms with E-state index < -0.39 is 29.0 Å². The van der Waals surface area contributed by atoms with E-state index in [0.717, 1.165) is 139 Å². The lowest BCUT2D eigenvalue weighted by atomic mass is 9.92. The molecule has 3 nitrogen and oxygen atoms in total. The first kappa shape index (κ1) is 51.6. The van der Waals surface area contributed by atoms with Crippen LogP contribution in [0.1, 0.15) is 61.2 Å². The topological polar surface area (TPSA) is 33.6 Å². The molecule has 80 heavy (non-hydrogen) atoms. The first-order chi connectivity index (χ1) is 38.1. The van der Waals surface area contributed by atoms with E-state index in [1.165, 1.54) is 0 Å². The number of fused-ring (bicyclic) bond motifs is 6. The molecule has 9 heteroatoms. The number of hydrogen-bond acceptors (Lipinski definition) is 1. The highest BCUT2D eigenvalue weighted by Crippen LogP contribution is 2.47. The molecule has 12 aromatic rings. The number of nitrogens with zero attached hydrogens (tertiary/aromatic N) is 3. The smallest absolute Gasteiger partial charge is 0.307 e. The molecule has 0 atom stereocenters. The maximum atomic E-state index is 15.5. The highest BCUT2D eigenvalue weighted by Gasteiger charge is 2.39. The molecule has 0 saturated heterocycles. The predicted octanol–water partition coefficient (Wildman–Crippen LogP) is 20.6. The lowest BCUT2D eigenvalue weighted by molar-refractivity contribution is -0.142. The molecule has 0 amide bonds. The number of hydrogen-bond donors (Lipinski definition) is 0. The summed E-state index contributed by atoms with van der Waals surface area (Å²) in [5, 5.41) is 14.9. The van der Waals surface area contributed by atoms with Crippen molar-refractivity contribution in [2.24, 2.45) is 0 Å². The van der Waals surface area contributed by atoms with Gasteiger partial charge in [-0.25, -0.2) is 0 Å². The van der Waals surface area contributed by atoms with E-state index in [1.807, 2.05) is 27.7 Å².